The number of sulfonamides is 1. The maximum atomic E-state index is 12.2. The van der Waals surface area contributed by atoms with Crippen LogP contribution in [0.1, 0.15) is 29.8 Å². The van der Waals surface area contributed by atoms with Gasteiger partial charge >= 0.3 is 0 Å². The van der Waals surface area contributed by atoms with Crippen molar-refractivity contribution in [3.8, 4) is 0 Å². The van der Waals surface area contributed by atoms with Crippen molar-refractivity contribution in [2.45, 2.75) is 30.7 Å². The Bertz CT molecular complexity index is 633. The van der Waals surface area contributed by atoms with E-state index in [2.05, 4.69) is 10.0 Å². The number of nitrogens with one attached hydrogen (secondary N) is 2. The molecule has 0 spiro atoms. The van der Waals surface area contributed by atoms with E-state index in [4.69, 9.17) is 5.73 Å². The maximum absolute atomic E-state index is 12.2. The topological polar surface area (TPSA) is 101 Å². The predicted octanol–water partition coefficient (Wildman–Crippen LogP) is -0.0119. The highest BCUT2D eigenvalue weighted by atomic mass is 32.2. The number of hydrogen-bond donors (Lipinski definition) is 3. The normalized spacial score (nSPS) is 15.7. The number of rotatable bonds is 4. The molecule has 0 aliphatic carbocycles. The monoisotopic (exact) mass is 297 g/mol. The maximum Gasteiger partial charge on any atom is 0.251 e. The molecule has 0 bridgehead atoms. The number of carbonyl (C=O) groups is 1. The SMILES string of the molecule is CC(C)(N)CNS(=O)(=O)c1ccc2c(c1)C(=O)NCC2. The van der Waals surface area contributed by atoms with Crippen LogP contribution in [0.25, 0.3) is 0 Å². The second-order valence-electron chi connectivity index (χ2n) is 5.64. The molecule has 0 unspecified atom stereocenters. The van der Waals surface area contributed by atoms with Gasteiger partial charge in [-0.25, -0.2) is 13.1 Å². The summed E-state index contributed by atoms with van der Waals surface area (Å²) in [6, 6.07) is 4.62. The van der Waals surface area contributed by atoms with Crippen molar-refractivity contribution in [2.24, 2.45) is 5.73 Å². The molecule has 2 rings (SSSR count). The number of nitrogens with two attached hydrogens (primary N) is 1. The van der Waals surface area contributed by atoms with E-state index in [0.717, 1.165) is 5.56 Å². The Hall–Kier alpha value is -1.44. The van der Waals surface area contributed by atoms with Crippen molar-refractivity contribution in [1.29, 1.82) is 0 Å². The molecule has 7 heteroatoms. The van der Waals surface area contributed by atoms with Crippen LogP contribution in [0.4, 0.5) is 0 Å². The van der Waals surface area contributed by atoms with E-state index in [1.807, 2.05) is 0 Å². The number of hydrogen-bond acceptors (Lipinski definition) is 4. The molecule has 1 aliphatic rings. The van der Waals surface area contributed by atoms with E-state index in [9.17, 15) is 13.2 Å². The Morgan fingerprint density at radius 2 is 2.10 bits per heavy atom. The van der Waals surface area contributed by atoms with Gasteiger partial charge in [-0.3, -0.25) is 4.79 Å². The molecule has 110 valence electrons. The second kappa shape index (κ2) is 5.16. The summed E-state index contributed by atoms with van der Waals surface area (Å²) in [4.78, 5) is 11.8. The summed E-state index contributed by atoms with van der Waals surface area (Å²) in [5.74, 6) is -0.234. The zero-order chi connectivity index (χ0) is 15.0. The van der Waals surface area contributed by atoms with Crippen molar-refractivity contribution in [3.63, 3.8) is 0 Å². The highest BCUT2D eigenvalue weighted by Gasteiger charge is 2.22. The summed E-state index contributed by atoms with van der Waals surface area (Å²) in [7, 11) is -3.66. The Morgan fingerprint density at radius 1 is 1.40 bits per heavy atom. The third kappa shape index (κ3) is 3.36. The number of benzene rings is 1. The first-order valence-electron chi connectivity index (χ1n) is 6.39. The van der Waals surface area contributed by atoms with Crippen molar-refractivity contribution >= 4 is 15.9 Å². The van der Waals surface area contributed by atoms with Crippen molar-refractivity contribution in [2.75, 3.05) is 13.1 Å². The lowest BCUT2D eigenvalue weighted by Crippen LogP contribution is -2.45. The van der Waals surface area contributed by atoms with Crippen molar-refractivity contribution < 1.29 is 13.2 Å². The van der Waals surface area contributed by atoms with Crippen molar-refractivity contribution in [1.82, 2.24) is 10.0 Å². The van der Waals surface area contributed by atoms with Crippen molar-refractivity contribution in [3.05, 3.63) is 29.3 Å². The summed E-state index contributed by atoms with van der Waals surface area (Å²) in [5, 5.41) is 2.70. The molecule has 0 atom stereocenters. The Labute approximate surface area is 118 Å². The molecule has 4 N–H and O–H groups in total. The number of amides is 1. The van der Waals surface area contributed by atoms with Gasteiger partial charge in [0.15, 0.2) is 0 Å². The molecule has 1 amide bonds. The molecule has 0 saturated heterocycles. The Morgan fingerprint density at radius 3 is 2.75 bits per heavy atom. The van der Waals surface area contributed by atoms with Gasteiger partial charge in [-0.15, -0.1) is 0 Å². The third-order valence-corrected chi connectivity index (χ3v) is 4.43. The van der Waals surface area contributed by atoms with Gasteiger partial charge in [-0.2, -0.15) is 0 Å². The van der Waals surface area contributed by atoms with E-state index < -0.39 is 15.6 Å². The predicted molar refractivity (Wildman–Crippen MR) is 75.9 cm³/mol. The fraction of sp³-hybridized carbons (Fsp3) is 0.462. The van der Waals surface area contributed by atoms with Crippen LogP contribution in [0.15, 0.2) is 23.1 Å². The Balaban J connectivity index is 2.29. The first kappa shape index (κ1) is 15.0. The summed E-state index contributed by atoms with van der Waals surface area (Å²) >= 11 is 0. The van der Waals surface area contributed by atoms with Gasteiger partial charge in [0.1, 0.15) is 0 Å². The molecule has 0 saturated carbocycles. The fourth-order valence-electron chi connectivity index (χ4n) is 1.92. The lowest BCUT2D eigenvalue weighted by atomic mass is 10.0. The third-order valence-electron chi connectivity index (χ3n) is 3.03. The molecule has 6 nitrogen and oxygen atoms in total. The molecule has 1 aliphatic heterocycles. The van der Waals surface area contributed by atoms with Crippen LogP contribution < -0.4 is 15.8 Å². The first-order valence-corrected chi connectivity index (χ1v) is 7.87. The average molecular weight is 297 g/mol. The first-order chi connectivity index (χ1) is 9.19. The molecular weight excluding hydrogens is 278 g/mol. The molecule has 20 heavy (non-hydrogen) atoms. The molecule has 1 heterocycles. The van der Waals surface area contributed by atoms with Gasteiger partial charge in [0.05, 0.1) is 4.90 Å². The van der Waals surface area contributed by atoms with Crippen LogP contribution in [0, 0.1) is 0 Å². The van der Waals surface area contributed by atoms with Crippen LogP contribution in [-0.2, 0) is 16.4 Å². The minimum absolute atomic E-state index is 0.0811. The molecule has 0 radical (unpaired) electrons. The summed E-state index contributed by atoms with van der Waals surface area (Å²) in [6.07, 6.45) is 0.713. The molecule has 0 fully saturated rings. The van der Waals surface area contributed by atoms with Gasteiger partial charge < -0.3 is 11.1 Å². The van der Waals surface area contributed by atoms with Crippen LogP contribution >= 0.6 is 0 Å². The highest BCUT2D eigenvalue weighted by Crippen LogP contribution is 2.19. The molecule has 1 aromatic rings. The second-order valence-corrected chi connectivity index (χ2v) is 7.40. The van der Waals surface area contributed by atoms with Gasteiger partial charge in [0, 0.05) is 24.2 Å². The van der Waals surface area contributed by atoms with Gasteiger partial charge in [-0.05, 0) is 38.0 Å². The number of carbonyl (C=O) groups excluding carboxylic acids is 1. The van der Waals surface area contributed by atoms with Gasteiger partial charge in [0.2, 0.25) is 10.0 Å². The van der Waals surface area contributed by atoms with E-state index in [-0.39, 0.29) is 17.3 Å². The average Bonchev–Trinajstić information content (AvgIpc) is 2.36. The smallest absolute Gasteiger partial charge is 0.251 e. The summed E-state index contributed by atoms with van der Waals surface area (Å²) < 4.78 is 26.8. The molecule has 1 aromatic carbocycles. The molecular formula is C13H19N3O3S. The molecule has 0 aromatic heterocycles. The van der Waals surface area contributed by atoms with Gasteiger partial charge in [-0.1, -0.05) is 6.07 Å². The largest absolute Gasteiger partial charge is 0.352 e. The van der Waals surface area contributed by atoms with Crippen LogP contribution in [-0.4, -0.2) is 33.0 Å². The zero-order valence-corrected chi connectivity index (χ0v) is 12.4. The zero-order valence-electron chi connectivity index (χ0n) is 11.6. The van der Waals surface area contributed by atoms with Crippen LogP contribution in [0.2, 0.25) is 0 Å². The quantitative estimate of drug-likeness (QED) is 0.727. The minimum atomic E-state index is -3.66. The fourth-order valence-corrected chi connectivity index (χ4v) is 3.17. The lowest BCUT2D eigenvalue weighted by Gasteiger charge is -2.20. The van der Waals surface area contributed by atoms with E-state index in [1.54, 1.807) is 19.9 Å². The minimum Gasteiger partial charge on any atom is -0.352 e. The Kier molecular flexibility index (Phi) is 3.86. The van der Waals surface area contributed by atoms with Gasteiger partial charge in [0.25, 0.3) is 5.91 Å². The van der Waals surface area contributed by atoms with E-state index >= 15 is 0 Å². The summed E-state index contributed by atoms with van der Waals surface area (Å²) in [6.45, 7) is 4.17. The van der Waals surface area contributed by atoms with E-state index in [1.165, 1.54) is 12.1 Å². The standard InChI is InChI=1S/C13H19N3O3S/c1-13(2,14)8-16-20(18,19)10-4-3-9-5-6-15-12(17)11(9)7-10/h3-4,7,16H,5-6,8,14H2,1-2H3,(H,15,17). The highest BCUT2D eigenvalue weighted by molar-refractivity contribution is 7.89. The lowest BCUT2D eigenvalue weighted by molar-refractivity contribution is 0.0945. The summed E-state index contributed by atoms with van der Waals surface area (Å²) in [5.41, 5.74) is 6.41. The van der Waals surface area contributed by atoms with Crippen LogP contribution in [0.3, 0.4) is 0 Å². The van der Waals surface area contributed by atoms with E-state index in [0.29, 0.717) is 18.5 Å². The van der Waals surface area contributed by atoms with Crippen LogP contribution in [0.5, 0.6) is 0 Å². The number of fused-ring (bicyclic) bond motifs is 1.